The van der Waals surface area contributed by atoms with Gasteiger partial charge in [0.05, 0.1) is 0 Å². The Labute approximate surface area is 106 Å². The summed E-state index contributed by atoms with van der Waals surface area (Å²) in [5.74, 6) is 0.807. The quantitative estimate of drug-likeness (QED) is 0.504. The first-order chi connectivity index (χ1) is 7.66. The maximum absolute atomic E-state index is 7.00. The van der Waals surface area contributed by atoms with Crippen molar-refractivity contribution in [3.63, 3.8) is 0 Å². The zero-order valence-corrected chi connectivity index (χ0v) is 12.3. The van der Waals surface area contributed by atoms with Crippen LogP contribution in [0.5, 0.6) is 0 Å². The van der Waals surface area contributed by atoms with Crippen LogP contribution < -0.4 is 0 Å². The van der Waals surface area contributed by atoms with E-state index in [0.29, 0.717) is 0 Å². The van der Waals surface area contributed by atoms with Crippen molar-refractivity contribution >= 4 is 11.9 Å². The molecule has 0 aromatic rings. The third-order valence-electron chi connectivity index (χ3n) is 2.14. The van der Waals surface area contributed by atoms with E-state index in [1.165, 1.54) is 12.8 Å². The molecule has 4 heteroatoms. The average molecular weight is 251 g/mol. The van der Waals surface area contributed by atoms with Crippen molar-refractivity contribution in [3.05, 3.63) is 0 Å². The summed E-state index contributed by atoms with van der Waals surface area (Å²) >= 11 is 1.77. The highest BCUT2D eigenvalue weighted by Gasteiger charge is 1.96. The van der Waals surface area contributed by atoms with E-state index in [-0.39, 0.29) is 0 Å². The van der Waals surface area contributed by atoms with Crippen LogP contribution in [0.3, 0.4) is 0 Å². The fourth-order valence-corrected chi connectivity index (χ4v) is 1.49. The van der Waals surface area contributed by atoms with Crippen LogP contribution in [-0.2, 0) is 4.74 Å². The van der Waals surface area contributed by atoms with Gasteiger partial charge in [0.15, 0.2) is 0 Å². The molecule has 100 valence electrons. The van der Waals surface area contributed by atoms with E-state index in [9.17, 15) is 0 Å². The van der Waals surface area contributed by atoms with Gasteiger partial charge in [-0.25, -0.2) is 0 Å². The highest BCUT2D eigenvalue weighted by Crippen LogP contribution is 2.04. The monoisotopic (exact) mass is 251 g/mol. The first-order valence-corrected chi connectivity index (χ1v) is 7.12. The lowest BCUT2D eigenvalue weighted by Gasteiger charge is -2.12. The largest absolute Gasteiger partial charge is 0.400 e. The summed E-state index contributed by atoms with van der Waals surface area (Å²) in [5.41, 5.74) is 0. The van der Waals surface area contributed by atoms with Gasteiger partial charge in [0.2, 0.25) is 0 Å². The summed E-state index contributed by atoms with van der Waals surface area (Å²) in [6.07, 6.45) is 5.73. The number of hydrogen-bond donors (Lipinski definition) is 1. The van der Waals surface area contributed by atoms with Crippen molar-refractivity contribution in [2.75, 3.05) is 40.2 Å². The van der Waals surface area contributed by atoms with E-state index >= 15 is 0 Å². The Kier molecular flexibility index (Phi) is 17.7. The molecule has 0 aliphatic heterocycles. The second-order valence-electron chi connectivity index (χ2n) is 4.04. The molecule has 0 radical (unpaired) electrons. The van der Waals surface area contributed by atoms with Crippen LogP contribution in [0, 0.1) is 5.92 Å². The minimum Gasteiger partial charge on any atom is -0.400 e. The summed E-state index contributed by atoms with van der Waals surface area (Å²) in [6, 6.07) is 0. The highest BCUT2D eigenvalue weighted by atomic mass is 32.2. The lowest BCUT2D eigenvalue weighted by molar-refractivity contribution is 0.123. The zero-order chi connectivity index (χ0) is 12.8. The summed E-state index contributed by atoms with van der Waals surface area (Å²) in [4.78, 5) is 0. The third-order valence-corrected chi connectivity index (χ3v) is 2.95. The standard InChI is InChI=1S/C11H25NOS.CH4O/c1-11(2)7-5-9-13-10-6-8-12(3)14-4;1-2/h11H,5-10H2,1-4H3;2H,1H3. The van der Waals surface area contributed by atoms with E-state index in [4.69, 9.17) is 9.84 Å². The molecule has 0 fully saturated rings. The molecule has 0 amide bonds. The van der Waals surface area contributed by atoms with Gasteiger partial charge in [0, 0.05) is 26.9 Å². The van der Waals surface area contributed by atoms with Crippen LogP contribution >= 0.6 is 11.9 Å². The van der Waals surface area contributed by atoms with Crippen LogP contribution in [0.4, 0.5) is 0 Å². The van der Waals surface area contributed by atoms with Crippen molar-refractivity contribution < 1.29 is 9.84 Å². The van der Waals surface area contributed by atoms with Gasteiger partial charge in [-0.1, -0.05) is 25.8 Å². The molecule has 0 aromatic heterocycles. The second kappa shape index (κ2) is 15.2. The van der Waals surface area contributed by atoms with Crippen LogP contribution in [-0.4, -0.2) is 49.6 Å². The lowest BCUT2D eigenvalue weighted by atomic mass is 10.1. The molecule has 0 saturated heterocycles. The third kappa shape index (κ3) is 16.7. The molecular weight excluding hydrogens is 222 g/mol. The smallest absolute Gasteiger partial charge is 0.0478 e. The molecule has 0 unspecified atom stereocenters. The van der Waals surface area contributed by atoms with Crippen LogP contribution in [0.2, 0.25) is 0 Å². The predicted octanol–water partition coefficient (Wildman–Crippen LogP) is 2.65. The Hall–Kier alpha value is 0.230. The minimum absolute atomic E-state index is 0.807. The Morgan fingerprint density at radius 1 is 1.19 bits per heavy atom. The predicted molar refractivity (Wildman–Crippen MR) is 73.8 cm³/mol. The molecule has 0 spiro atoms. The molecule has 0 aromatic carbocycles. The van der Waals surface area contributed by atoms with Crippen molar-refractivity contribution in [1.29, 1.82) is 0 Å². The van der Waals surface area contributed by atoms with Crippen LogP contribution in [0.15, 0.2) is 0 Å². The van der Waals surface area contributed by atoms with Crippen molar-refractivity contribution in [3.8, 4) is 0 Å². The van der Waals surface area contributed by atoms with Crippen LogP contribution in [0.25, 0.3) is 0 Å². The molecule has 0 saturated carbocycles. The van der Waals surface area contributed by atoms with Gasteiger partial charge in [-0.15, -0.1) is 0 Å². The van der Waals surface area contributed by atoms with Gasteiger partial charge in [0.25, 0.3) is 0 Å². The number of ether oxygens (including phenoxy) is 1. The van der Waals surface area contributed by atoms with Gasteiger partial charge in [-0.2, -0.15) is 0 Å². The van der Waals surface area contributed by atoms with E-state index in [1.807, 2.05) is 0 Å². The topological polar surface area (TPSA) is 32.7 Å². The van der Waals surface area contributed by atoms with Gasteiger partial charge in [-0.3, -0.25) is 4.31 Å². The van der Waals surface area contributed by atoms with E-state index < -0.39 is 0 Å². The SMILES string of the molecule is CO.CSN(C)CCCOCCCC(C)C. The van der Waals surface area contributed by atoms with E-state index in [1.54, 1.807) is 11.9 Å². The van der Waals surface area contributed by atoms with Gasteiger partial charge in [-0.05, 0) is 38.5 Å². The van der Waals surface area contributed by atoms with Crippen LogP contribution in [0.1, 0.15) is 33.1 Å². The lowest BCUT2D eigenvalue weighted by Crippen LogP contribution is -2.12. The molecule has 0 aliphatic carbocycles. The molecular formula is C12H29NO2S. The number of hydrogen-bond acceptors (Lipinski definition) is 4. The van der Waals surface area contributed by atoms with Gasteiger partial charge < -0.3 is 9.84 Å². The van der Waals surface area contributed by atoms with Crippen molar-refractivity contribution in [2.45, 2.75) is 33.1 Å². The maximum Gasteiger partial charge on any atom is 0.0478 e. The van der Waals surface area contributed by atoms with Crippen molar-refractivity contribution in [2.24, 2.45) is 5.92 Å². The summed E-state index contributed by atoms with van der Waals surface area (Å²) in [7, 11) is 3.11. The molecule has 0 heterocycles. The average Bonchev–Trinajstić information content (AvgIpc) is 2.29. The number of rotatable bonds is 9. The molecule has 1 N–H and O–H groups in total. The molecule has 0 bridgehead atoms. The van der Waals surface area contributed by atoms with Crippen molar-refractivity contribution in [1.82, 2.24) is 4.31 Å². The number of aliphatic hydroxyl groups is 1. The summed E-state index contributed by atoms with van der Waals surface area (Å²) < 4.78 is 7.78. The molecule has 0 atom stereocenters. The molecule has 3 nitrogen and oxygen atoms in total. The Bertz CT molecular complexity index is 124. The summed E-state index contributed by atoms with van der Waals surface area (Å²) in [6.45, 7) is 7.47. The number of nitrogens with zero attached hydrogens (tertiary/aromatic N) is 1. The molecule has 16 heavy (non-hydrogen) atoms. The Morgan fingerprint density at radius 2 is 1.75 bits per heavy atom. The minimum atomic E-state index is 0.807. The zero-order valence-electron chi connectivity index (χ0n) is 11.5. The second-order valence-corrected chi connectivity index (χ2v) is 5.02. The van der Waals surface area contributed by atoms with Gasteiger partial charge in [0.1, 0.15) is 0 Å². The Balaban J connectivity index is 0. The highest BCUT2D eigenvalue weighted by molar-refractivity contribution is 7.96. The summed E-state index contributed by atoms with van der Waals surface area (Å²) in [5, 5.41) is 7.00. The maximum atomic E-state index is 7.00. The van der Waals surface area contributed by atoms with Gasteiger partial charge >= 0.3 is 0 Å². The first-order valence-electron chi connectivity index (χ1n) is 5.94. The normalized spacial score (nSPS) is 10.5. The van der Waals surface area contributed by atoms with E-state index in [0.717, 1.165) is 39.2 Å². The molecule has 0 aliphatic rings. The fraction of sp³-hybridized carbons (Fsp3) is 1.00. The fourth-order valence-electron chi connectivity index (χ4n) is 1.18. The molecule has 0 rings (SSSR count). The van der Waals surface area contributed by atoms with E-state index in [2.05, 4.69) is 31.5 Å². The first kappa shape index (κ1) is 18.6. The Morgan fingerprint density at radius 3 is 2.25 bits per heavy atom. The number of aliphatic hydroxyl groups excluding tert-OH is 1.